The lowest BCUT2D eigenvalue weighted by molar-refractivity contribution is -0.117. The minimum atomic E-state index is -0.0190. The molecule has 160 valence electrons. The average molecular weight is 453 g/mol. The zero-order chi connectivity index (χ0) is 21.5. The van der Waals surface area contributed by atoms with Crippen LogP contribution >= 0.6 is 22.9 Å². The lowest BCUT2D eigenvalue weighted by Crippen LogP contribution is -2.48. The van der Waals surface area contributed by atoms with Crippen molar-refractivity contribution in [2.24, 2.45) is 0 Å². The molecule has 0 atom stereocenters. The number of anilines is 1. The van der Waals surface area contributed by atoms with Crippen molar-refractivity contribution in [2.45, 2.75) is 0 Å². The number of amides is 1. The van der Waals surface area contributed by atoms with Gasteiger partial charge in [0, 0.05) is 48.7 Å². The molecule has 1 fully saturated rings. The van der Waals surface area contributed by atoms with Crippen LogP contribution in [0.25, 0.3) is 17.3 Å². The van der Waals surface area contributed by atoms with E-state index in [1.807, 2.05) is 47.8 Å². The van der Waals surface area contributed by atoms with Crippen molar-refractivity contribution >= 4 is 40.1 Å². The number of hydrogen-bond acceptors (Lipinski definition) is 5. The number of aromatic nitrogens is 1. The second-order valence-electron chi connectivity index (χ2n) is 7.48. The molecule has 0 saturated carbocycles. The fraction of sp³-hybridized carbons (Fsp3) is 0.250. The number of carbonyl (C=O) groups is 1. The van der Waals surface area contributed by atoms with Crippen molar-refractivity contribution in [3.63, 3.8) is 0 Å². The molecule has 3 aromatic rings. The van der Waals surface area contributed by atoms with Gasteiger partial charge in [-0.05, 0) is 17.7 Å². The lowest BCUT2D eigenvalue weighted by atomic mass is 10.2. The van der Waals surface area contributed by atoms with Gasteiger partial charge in [0.2, 0.25) is 5.91 Å². The number of thiazole rings is 1. The highest BCUT2D eigenvalue weighted by atomic mass is 35.5. The summed E-state index contributed by atoms with van der Waals surface area (Å²) in [5.41, 5.74) is 3.05. The molecule has 1 aliphatic rings. The van der Waals surface area contributed by atoms with Gasteiger partial charge in [0.25, 0.3) is 0 Å². The first-order chi connectivity index (χ1) is 15.2. The zero-order valence-electron chi connectivity index (χ0n) is 17.2. The Morgan fingerprint density at radius 2 is 1.74 bits per heavy atom. The summed E-state index contributed by atoms with van der Waals surface area (Å²) in [7, 11) is 0. The molecule has 5 nitrogen and oxygen atoms in total. The van der Waals surface area contributed by atoms with E-state index in [1.165, 1.54) is 16.9 Å². The van der Waals surface area contributed by atoms with Gasteiger partial charge >= 0.3 is 0 Å². The van der Waals surface area contributed by atoms with Crippen LogP contribution in [0.3, 0.4) is 0 Å². The molecule has 2 aromatic carbocycles. The molecule has 1 aromatic heterocycles. The van der Waals surface area contributed by atoms with Crippen LogP contribution in [-0.2, 0) is 4.79 Å². The van der Waals surface area contributed by atoms with Crippen molar-refractivity contribution in [2.75, 3.05) is 44.6 Å². The summed E-state index contributed by atoms with van der Waals surface area (Å²) in [6.07, 6.45) is 4.37. The van der Waals surface area contributed by atoms with E-state index in [4.69, 9.17) is 11.6 Å². The van der Waals surface area contributed by atoms with E-state index < -0.39 is 0 Å². The van der Waals surface area contributed by atoms with Crippen LogP contribution in [0.1, 0.15) is 5.56 Å². The average Bonchev–Trinajstić information content (AvgIpc) is 3.24. The monoisotopic (exact) mass is 452 g/mol. The predicted octanol–water partition coefficient (Wildman–Crippen LogP) is 4.73. The molecule has 1 amide bonds. The van der Waals surface area contributed by atoms with Crippen molar-refractivity contribution in [3.05, 3.63) is 76.6 Å². The molecule has 0 bridgehead atoms. The number of halogens is 1. The Morgan fingerprint density at radius 3 is 2.48 bits per heavy atom. The second kappa shape index (κ2) is 10.7. The normalized spacial score (nSPS) is 15.4. The molecule has 1 aliphatic heterocycles. The minimum absolute atomic E-state index is 0.0190. The molecule has 1 saturated heterocycles. The molecule has 4 rings (SSSR count). The van der Waals surface area contributed by atoms with Crippen LogP contribution < -0.4 is 5.32 Å². The molecule has 0 spiro atoms. The first-order valence-corrected chi connectivity index (χ1v) is 11.6. The first-order valence-electron chi connectivity index (χ1n) is 10.3. The lowest BCUT2D eigenvalue weighted by Gasteiger charge is -2.33. The third-order valence-electron chi connectivity index (χ3n) is 5.20. The Kier molecular flexibility index (Phi) is 7.48. The summed E-state index contributed by atoms with van der Waals surface area (Å²) in [6, 6.07) is 17.9. The number of nitrogens with zero attached hydrogens (tertiary/aromatic N) is 3. The van der Waals surface area contributed by atoms with E-state index >= 15 is 0 Å². The quantitative estimate of drug-likeness (QED) is 0.562. The summed E-state index contributed by atoms with van der Waals surface area (Å²) in [5, 5.41) is 6.19. The Hall–Kier alpha value is -2.51. The fourth-order valence-corrected chi connectivity index (χ4v) is 4.34. The highest BCUT2D eigenvalue weighted by Gasteiger charge is 2.18. The molecule has 2 heterocycles. The van der Waals surface area contributed by atoms with Gasteiger partial charge in [-0.1, -0.05) is 66.2 Å². The minimum Gasteiger partial charge on any atom is -0.301 e. The van der Waals surface area contributed by atoms with E-state index in [2.05, 4.69) is 44.4 Å². The molecule has 1 N–H and O–H groups in total. The SMILES string of the molecule is O=C(CN1CCN(C/C=C/c2ccccc2)CC1)Nc1nc(-c2ccc(Cl)cc2)cs1. The summed E-state index contributed by atoms with van der Waals surface area (Å²) in [4.78, 5) is 21.6. The maximum absolute atomic E-state index is 12.5. The molecule has 7 heteroatoms. The van der Waals surface area contributed by atoms with E-state index in [-0.39, 0.29) is 5.91 Å². The largest absolute Gasteiger partial charge is 0.301 e. The van der Waals surface area contributed by atoms with E-state index in [9.17, 15) is 4.79 Å². The number of carbonyl (C=O) groups excluding carboxylic acids is 1. The van der Waals surface area contributed by atoms with E-state index in [0.29, 0.717) is 16.7 Å². The Bertz CT molecular complexity index is 1010. The fourth-order valence-electron chi connectivity index (χ4n) is 3.48. The van der Waals surface area contributed by atoms with Gasteiger partial charge in [-0.3, -0.25) is 14.6 Å². The first kappa shape index (κ1) is 21.7. The summed E-state index contributed by atoms with van der Waals surface area (Å²) >= 11 is 7.38. The number of piperazine rings is 1. The van der Waals surface area contributed by atoms with Gasteiger partial charge in [0.15, 0.2) is 5.13 Å². The van der Waals surface area contributed by atoms with Crippen molar-refractivity contribution < 1.29 is 4.79 Å². The Balaban J connectivity index is 1.20. The molecular weight excluding hydrogens is 428 g/mol. The molecular formula is C24H25ClN4OS. The van der Waals surface area contributed by atoms with Crippen molar-refractivity contribution in [1.82, 2.24) is 14.8 Å². The van der Waals surface area contributed by atoms with Crippen LogP contribution in [0.15, 0.2) is 66.1 Å². The third kappa shape index (κ3) is 6.48. The molecule has 0 radical (unpaired) electrons. The number of nitrogens with one attached hydrogen (secondary N) is 1. The van der Waals surface area contributed by atoms with Gasteiger partial charge in [0.1, 0.15) is 0 Å². The summed E-state index contributed by atoms with van der Waals surface area (Å²) in [5.74, 6) is -0.0190. The smallest absolute Gasteiger partial charge is 0.240 e. The van der Waals surface area contributed by atoms with E-state index in [0.717, 1.165) is 44.0 Å². The third-order valence-corrected chi connectivity index (χ3v) is 6.21. The van der Waals surface area contributed by atoms with Gasteiger partial charge < -0.3 is 5.32 Å². The van der Waals surface area contributed by atoms with Crippen molar-refractivity contribution in [3.8, 4) is 11.3 Å². The second-order valence-corrected chi connectivity index (χ2v) is 8.78. The topological polar surface area (TPSA) is 48.5 Å². The van der Waals surface area contributed by atoms with E-state index in [1.54, 1.807) is 0 Å². The van der Waals surface area contributed by atoms with Crippen LogP contribution in [-0.4, -0.2) is 60.0 Å². The zero-order valence-corrected chi connectivity index (χ0v) is 18.8. The highest BCUT2D eigenvalue weighted by Crippen LogP contribution is 2.26. The predicted molar refractivity (Wildman–Crippen MR) is 130 cm³/mol. The van der Waals surface area contributed by atoms with Gasteiger partial charge in [-0.15, -0.1) is 11.3 Å². The Morgan fingerprint density at radius 1 is 1.03 bits per heavy atom. The van der Waals surface area contributed by atoms with Crippen LogP contribution in [0.4, 0.5) is 5.13 Å². The Labute approximate surface area is 192 Å². The molecule has 0 unspecified atom stereocenters. The van der Waals surface area contributed by atoms with Gasteiger partial charge in [-0.25, -0.2) is 4.98 Å². The number of hydrogen-bond donors (Lipinski definition) is 1. The summed E-state index contributed by atoms with van der Waals surface area (Å²) in [6.45, 7) is 5.03. The van der Waals surface area contributed by atoms with Crippen LogP contribution in [0, 0.1) is 0 Å². The number of rotatable bonds is 7. The molecule has 31 heavy (non-hydrogen) atoms. The van der Waals surface area contributed by atoms with Crippen molar-refractivity contribution in [1.29, 1.82) is 0 Å². The molecule has 0 aliphatic carbocycles. The summed E-state index contributed by atoms with van der Waals surface area (Å²) < 4.78 is 0. The van der Waals surface area contributed by atoms with Gasteiger partial charge in [-0.2, -0.15) is 0 Å². The standard InChI is InChI=1S/C24H25ClN4OS/c25-21-10-8-20(9-11-21)22-18-31-24(26-22)27-23(30)17-29-15-13-28(14-16-29)12-4-7-19-5-2-1-3-6-19/h1-11,18H,12-17H2,(H,26,27,30)/b7-4+. The van der Waals surface area contributed by atoms with Crippen LogP contribution in [0.5, 0.6) is 0 Å². The van der Waals surface area contributed by atoms with Crippen LogP contribution in [0.2, 0.25) is 5.02 Å². The maximum atomic E-state index is 12.5. The highest BCUT2D eigenvalue weighted by molar-refractivity contribution is 7.14. The number of benzene rings is 2. The van der Waals surface area contributed by atoms with Gasteiger partial charge in [0.05, 0.1) is 12.2 Å². The maximum Gasteiger partial charge on any atom is 0.240 e.